The molecule has 160 valence electrons. The van der Waals surface area contributed by atoms with E-state index in [0.29, 0.717) is 40.9 Å². The summed E-state index contributed by atoms with van der Waals surface area (Å²) >= 11 is 6.63. The molecular weight excluding hydrogens is 438 g/mol. The second-order valence-electron chi connectivity index (χ2n) is 6.44. The van der Waals surface area contributed by atoms with E-state index in [0.717, 1.165) is 16.7 Å². The van der Waals surface area contributed by atoms with Crippen LogP contribution in [0, 0.1) is 0 Å². The van der Waals surface area contributed by atoms with Crippen LogP contribution in [0.3, 0.4) is 0 Å². The van der Waals surface area contributed by atoms with Crippen molar-refractivity contribution < 1.29 is 23.9 Å². The van der Waals surface area contributed by atoms with Crippen LogP contribution in [0.1, 0.15) is 22.8 Å². The van der Waals surface area contributed by atoms with E-state index >= 15 is 0 Å². The SMILES string of the molecule is C=CCOc1ccc(/C=C2/SC(=O)N(CC(=O)c3ccc(Cl)cc3)C2=O)cc1OCC. The molecule has 2 aromatic rings. The van der Waals surface area contributed by atoms with E-state index in [1.165, 1.54) is 0 Å². The molecule has 8 heteroatoms. The Bertz CT molecular complexity index is 1050. The molecule has 0 spiro atoms. The van der Waals surface area contributed by atoms with E-state index in [9.17, 15) is 14.4 Å². The average Bonchev–Trinajstić information content (AvgIpc) is 3.01. The Morgan fingerprint density at radius 1 is 1.13 bits per heavy atom. The fraction of sp³-hybridized carbons (Fsp3) is 0.174. The van der Waals surface area contributed by atoms with Crippen molar-refractivity contribution in [1.29, 1.82) is 0 Å². The van der Waals surface area contributed by atoms with Crippen LogP contribution < -0.4 is 9.47 Å². The summed E-state index contributed by atoms with van der Waals surface area (Å²) < 4.78 is 11.2. The van der Waals surface area contributed by atoms with Gasteiger partial charge in [0.05, 0.1) is 18.1 Å². The number of thioether (sulfide) groups is 1. The lowest BCUT2D eigenvalue weighted by Gasteiger charge is -2.12. The number of ketones is 1. The Morgan fingerprint density at radius 2 is 1.87 bits per heavy atom. The first kappa shape index (κ1) is 22.7. The van der Waals surface area contributed by atoms with Gasteiger partial charge in [0.15, 0.2) is 17.3 Å². The van der Waals surface area contributed by atoms with E-state index in [2.05, 4.69) is 6.58 Å². The average molecular weight is 458 g/mol. The first-order chi connectivity index (χ1) is 14.9. The molecule has 1 aliphatic rings. The standard InChI is InChI=1S/C23H20ClNO5S/c1-3-11-30-19-10-5-15(12-20(19)29-4-2)13-21-22(27)25(23(28)31-21)14-18(26)16-6-8-17(24)9-7-16/h3,5-10,12-13H,1,4,11,14H2,2H3/b21-13+. The second kappa shape index (κ2) is 10.3. The minimum absolute atomic E-state index is 0.233. The van der Waals surface area contributed by atoms with Gasteiger partial charge in [-0.25, -0.2) is 0 Å². The molecule has 3 rings (SSSR count). The van der Waals surface area contributed by atoms with Gasteiger partial charge in [0.25, 0.3) is 11.1 Å². The van der Waals surface area contributed by atoms with Gasteiger partial charge in [-0.3, -0.25) is 19.3 Å². The van der Waals surface area contributed by atoms with E-state index in [-0.39, 0.29) is 17.2 Å². The molecule has 0 N–H and O–H groups in total. The molecule has 0 aliphatic carbocycles. The Kier molecular flexibility index (Phi) is 7.55. The summed E-state index contributed by atoms with van der Waals surface area (Å²) in [5.74, 6) is 0.223. The monoisotopic (exact) mass is 457 g/mol. The zero-order chi connectivity index (χ0) is 22.4. The quantitative estimate of drug-likeness (QED) is 0.292. The molecule has 2 aromatic carbocycles. The third-order valence-electron chi connectivity index (χ3n) is 4.26. The molecule has 31 heavy (non-hydrogen) atoms. The summed E-state index contributed by atoms with van der Waals surface area (Å²) in [4.78, 5) is 38.7. The fourth-order valence-corrected chi connectivity index (χ4v) is 3.77. The number of imide groups is 1. The number of rotatable bonds is 9. The van der Waals surface area contributed by atoms with E-state index in [1.54, 1.807) is 54.6 Å². The normalized spacial score (nSPS) is 14.8. The molecule has 1 fully saturated rings. The number of nitrogens with zero attached hydrogens (tertiary/aromatic N) is 1. The second-order valence-corrected chi connectivity index (χ2v) is 7.87. The van der Waals surface area contributed by atoms with Crippen LogP contribution in [0.2, 0.25) is 5.02 Å². The fourth-order valence-electron chi connectivity index (χ4n) is 2.81. The number of amides is 2. The summed E-state index contributed by atoms with van der Waals surface area (Å²) in [5, 5.41) is 0.00696. The molecule has 1 heterocycles. The van der Waals surface area contributed by atoms with Crippen LogP contribution in [0.4, 0.5) is 4.79 Å². The third kappa shape index (κ3) is 5.57. The number of Topliss-reactive ketones (excluding diaryl/α,β-unsaturated/α-hetero) is 1. The molecule has 0 bridgehead atoms. The summed E-state index contributed by atoms with van der Waals surface area (Å²) in [5.41, 5.74) is 1.05. The number of benzene rings is 2. The lowest BCUT2D eigenvalue weighted by atomic mass is 10.1. The van der Waals surface area contributed by atoms with Crippen LogP contribution in [0.15, 0.2) is 60.0 Å². The van der Waals surface area contributed by atoms with Gasteiger partial charge in [-0.05, 0) is 66.7 Å². The van der Waals surface area contributed by atoms with Gasteiger partial charge in [-0.2, -0.15) is 0 Å². The van der Waals surface area contributed by atoms with Crippen molar-refractivity contribution >= 4 is 46.4 Å². The molecule has 0 atom stereocenters. The van der Waals surface area contributed by atoms with Crippen molar-refractivity contribution in [3.05, 3.63) is 76.2 Å². The Morgan fingerprint density at radius 3 is 2.55 bits per heavy atom. The molecule has 1 aliphatic heterocycles. The predicted octanol–water partition coefficient (Wildman–Crippen LogP) is 5.22. The van der Waals surface area contributed by atoms with Crippen molar-refractivity contribution in [3.63, 3.8) is 0 Å². The van der Waals surface area contributed by atoms with E-state index in [4.69, 9.17) is 21.1 Å². The topological polar surface area (TPSA) is 72.9 Å². The molecular formula is C23H20ClNO5S. The lowest BCUT2D eigenvalue weighted by Crippen LogP contribution is -2.33. The predicted molar refractivity (Wildman–Crippen MR) is 122 cm³/mol. The van der Waals surface area contributed by atoms with E-state index in [1.807, 2.05) is 6.92 Å². The van der Waals surface area contributed by atoms with Gasteiger partial charge < -0.3 is 9.47 Å². The Balaban J connectivity index is 1.77. The smallest absolute Gasteiger partial charge is 0.293 e. The van der Waals surface area contributed by atoms with Crippen LogP contribution >= 0.6 is 23.4 Å². The maximum absolute atomic E-state index is 12.7. The van der Waals surface area contributed by atoms with Crippen molar-refractivity contribution in [1.82, 2.24) is 4.90 Å². The Hall–Kier alpha value is -3.03. The number of carbonyl (C=O) groups is 3. The summed E-state index contributed by atoms with van der Waals surface area (Å²) in [6.07, 6.45) is 3.22. The van der Waals surface area contributed by atoms with Gasteiger partial charge in [0.1, 0.15) is 6.61 Å². The molecule has 0 unspecified atom stereocenters. The van der Waals surface area contributed by atoms with Crippen LogP contribution in [0.25, 0.3) is 6.08 Å². The van der Waals surface area contributed by atoms with Gasteiger partial charge in [-0.1, -0.05) is 30.3 Å². The number of carbonyl (C=O) groups excluding carboxylic acids is 3. The zero-order valence-corrected chi connectivity index (χ0v) is 18.4. The highest BCUT2D eigenvalue weighted by Gasteiger charge is 2.36. The first-order valence-electron chi connectivity index (χ1n) is 9.47. The number of halogens is 1. The molecule has 0 radical (unpaired) electrons. The summed E-state index contributed by atoms with van der Waals surface area (Å²) in [6.45, 7) is 5.92. The molecule has 2 amide bonds. The highest BCUT2D eigenvalue weighted by atomic mass is 35.5. The van der Waals surface area contributed by atoms with Gasteiger partial charge in [0.2, 0.25) is 0 Å². The largest absolute Gasteiger partial charge is 0.490 e. The van der Waals surface area contributed by atoms with Gasteiger partial charge in [-0.15, -0.1) is 0 Å². The van der Waals surface area contributed by atoms with Gasteiger partial charge in [0, 0.05) is 10.6 Å². The van der Waals surface area contributed by atoms with Crippen LogP contribution in [0.5, 0.6) is 11.5 Å². The summed E-state index contributed by atoms with van der Waals surface area (Å²) in [6, 6.07) is 11.5. The Labute approximate surface area is 189 Å². The molecule has 1 saturated heterocycles. The molecule has 0 aromatic heterocycles. The van der Waals surface area contributed by atoms with Crippen LogP contribution in [-0.4, -0.2) is 41.6 Å². The van der Waals surface area contributed by atoms with Crippen LogP contribution in [-0.2, 0) is 4.79 Å². The molecule has 6 nitrogen and oxygen atoms in total. The van der Waals surface area contributed by atoms with E-state index < -0.39 is 11.1 Å². The maximum Gasteiger partial charge on any atom is 0.293 e. The van der Waals surface area contributed by atoms with Crippen molar-refractivity contribution in [2.45, 2.75) is 6.92 Å². The number of hydrogen-bond donors (Lipinski definition) is 0. The molecule has 0 saturated carbocycles. The summed E-state index contributed by atoms with van der Waals surface area (Å²) in [7, 11) is 0. The zero-order valence-electron chi connectivity index (χ0n) is 16.8. The van der Waals surface area contributed by atoms with Crippen molar-refractivity contribution in [2.75, 3.05) is 19.8 Å². The highest BCUT2D eigenvalue weighted by Crippen LogP contribution is 2.34. The minimum atomic E-state index is -0.512. The maximum atomic E-state index is 12.7. The third-order valence-corrected chi connectivity index (χ3v) is 5.42. The van der Waals surface area contributed by atoms with Crippen molar-refractivity contribution in [2.24, 2.45) is 0 Å². The minimum Gasteiger partial charge on any atom is -0.490 e. The number of ether oxygens (including phenoxy) is 2. The first-order valence-corrected chi connectivity index (χ1v) is 10.7. The van der Waals surface area contributed by atoms with Gasteiger partial charge >= 0.3 is 0 Å². The lowest BCUT2D eigenvalue weighted by molar-refractivity contribution is -0.122. The van der Waals surface area contributed by atoms with Crippen molar-refractivity contribution in [3.8, 4) is 11.5 Å². The number of hydrogen-bond acceptors (Lipinski definition) is 6. The highest BCUT2D eigenvalue weighted by molar-refractivity contribution is 8.18.